The van der Waals surface area contributed by atoms with E-state index in [1.54, 1.807) is 38.4 Å². The third-order valence-corrected chi connectivity index (χ3v) is 5.14. The van der Waals surface area contributed by atoms with Crippen molar-refractivity contribution in [2.75, 3.05) is 14.1 Å². The van der Waals surface area contributed by atoms with E-state index in [1.165, 1.54) is 17.0 Å². The van der Waals surface area contributed by atoms with E-state index >= 15 is 0 Å². The van der Waals surface area contributed by atoms with E-state index in [2.05, 4.69) is 5.32 Å². The van der Waals surface area contributed by atoms with Crippen LogP contribution in [0.2, 0.25) is 0 Å². The van der Waals surface area contributed by atoms with Crippen molar-refractivity contribution in [3.63, 3.8) is 0 Å². The van der Waals surface area contributed by atoms with Crippen molar-refractivity contribution in [1.82, 2.24) is 10.2 Å². The average Bonchev–Trinajstić information content (AvgIpc) is 2.65. The van der Waals surface area contributed by atoms with E-state index in [0.717, 1.165) is 17.7 Å². The molecule has 144 valence electrons. The second-order valence-corrected chi connectivity index (χ2v) is 7.83. The molecule has 0 bridgehead atoms. The molecular weight excluding hydrogens is 378 g/mol. The highest BCUT2D eigenvalue weighted by atomic mass is 32.2. The molecule has 27 heavy (non-hydrogen) atoms. The van der Waals surface area contributed by atoms with Crippen molar-refractivity contribution in [2.45, 2.75) is 17.2 Å². The van der Waals surface area contributed by atoms with Gasteiger partial charge in [0, 0.05) is 31.8 Å². The van der Waals surface area contributed by atoms with Crippen LogP contribution in [0.1, 0.15) is 26.3 Å². The Bertz CT molecular complexity index is 925. The van der Waals surface area contributed by atoms with Crippen molar-refractivity contribution < 1.29 is 26.8 Å². The van der Waals surface area contributed by atoms with Crippen LogP contribution in [0, 0.1) is 0 Å². The number of carbonyl (C=O) groups excluding carboxylic acids is 2. The van der Waals surface area contributed by atoms with E-state index < -0.39 is 26.4 Å². The molecule has 0 aliphatic rings. The van der Waals surface area contributed by atoms with Gasteiger partial charge in [0.1, 0.15) is 0 Å². The van der Waals surface area contributed by atoms with Crippen LogP contribution in [-0.2, 0) is 16.4 Å². The van der Waals surface area contributed by atoms with E-state index in [4.69, 9.17) is 0 Å². The molecule has 2 rings (SSSR count). The van der Waals surface area contributed by atoms with E-state index in [-0.39, 0.29) is 18.0 Å². The van der Waals surface area contributed by atoms with E-state index in [1.807, 2.05) is 0 Å². The van der Waals surface area contributed by atoms with Gasteiger partial charge in [0.05, 0.1) is 4.90 Å². The molecule has 0 unspecified atom stereocenters. The zero-order chi connectivity index (χ0) is 20.2. The fraction of sp³-hybridized carbons (Fsp3) is 0.222. The van der Waals surface area contributed by atoms with Crippen LogP contribution in [0.15, 0.2) is 53.4 Å². The normalized spacial score (nSPS) is 11.3. The standard InChI is InChI=1S/C18H18F2N2O4S/c1-22(2)17(24)14-5-3-12(4-6-14)11-21-16(23)13-7-9-15(10-8-13)27(25,26)18(19)20/h3-10,18H,11H2,1-2H3,(H,21,23). The zero-order valence-corrected chi connectivity index (χ0v) is 15.5. The minimum atomic E-state index is -4.69. The largest absolute Gasteiger partial charge is 0.348 e. The number of amides is 2. The highest BCUT2D eigenvalue weighted by Crippen LogP contribution is 2.18. The number of carbonyl (C=O) groups is 2. The van der Waals surface area contributed by atoms with Gasteiger partial charge in [-0.25, -0.2) is 8.42 Å². The van der Waals surface area contributed by atoms with Gasteiger partial charge in [-0.3, -0.25) is 9.59 Å². The average molecular weight is 396 g/mol. The Kier molecular flexibility index (Phi) is 6.27. The van der Waals surface area contributed by atoms with Gasteiger partial charge >= 0.3 is 5.76 Å². The Morgan fingerprint density at radius 3 is 1.96 bits per heavy atom. The Hall–Kier alpha value is -2.81. The first kappa shape index (κ1) is 20.5. The van der Waals surface area contributed by atoms with Crippen molar-refractivity contribution >= 4 is 21.7 Å². The van der Waals surface area contributed by atoms with Gasteiger partial charge in [-0.2, -0.15) is 8.78 Å². The molecule has 0 saturated carbocycles. The molecule has 0 radical (unpaired) electrons. The van der Waals surface area contributed by atoms with Gasteiger partial charge in [0.25, 0.3) is 11.8 Å². The lowest BCUT2D eigenvalue weighted by atomic mass is 10.1. The summed E-state index contributed by atoms with van der Waals surface area (Å²) in [7, 11) is -1.39. The Morgan fingerprint density at radius 1 is 0.963 bits per heavy atom. The fourth-order valence-electron chi connectivity index (χ4n) is 2.21. The molecular formula is C18H18F2N2O4S. The molecule has 2 aromatic carbocycles. The SMILES string of the molecule is CN(C)C(=O)c1ccc(CNC(=O)c2ccc(S(=O)(=O)C(F)F)cc2)cc1. The lowest BCUT2D eigenvalue weighted by Gasteiger charge is -2.11. The van der Waals surface area contributed by atoms with Crippen molar-refractivity contribution in [3.8, 4) is 0 Å². The molecule has 0 fully saturated rings. The lowest BCUT2D eigenvalue weighted by Crippen LogP contribution is -2.23. The van der Waals surface area contributed by atoms with Gasteiger partial charge in [0.15, 0.2) is 0 Å². The van der Waals surface area contributed by atoms with Crippen molar-refractivity contribution in [3.05, 3.63) is 65.2 Å². The monoisotopic (exact) mass is 396 g/mol. The van der Waals surface area contributed by atoms with Crippen LogP contribution in [-0.4, -0.2) is 45.0 Å². The molecule has 0 aromatic heterocycles. The van der Waals surface area contributed by atoms with Crippen LogP contribution < -0.4 is 5.32 Å². The van der Waals surface area contributed by atoms with E-state index in [9.17, 15) is 26.8 Å². The molecule has 0 spiro atoms. The van der Waals surface area contributed by atoms with Gasteiger partial charge in [-0.1, -0.05) is 12.1 Å². The number of nitrogens with one attached hydrogen (secondary N) is 1. The van der Waals surface area contributed by atoms with Crippen LogP contribution in [0.25, 0.3) is 0 Å². The molecule has 0 aliphatic carbocycles. The van der Waals surface area contributed by atoms with Gasteiger partial charge < -0.3 is 10.2 Å². The minimum Gasteiger partial charge on any atom is -0.348 e. The predicted molar refractivity (Wildman–Crippen MR) is 95.3 cm³/mol. The van der Waals surface area contributed by atoms with Gasteiger partial charge in [-0.05, 0) is 42.0 Å². The lowest BCUT2D eigenvalue weighted by molar-refractivity contribution is 0.0827. The molecule has 0 atom stereocenters. The number of alkyl halides is 2. The Labute approximate surface area is 155 Å². The zero-order valence-electron chi connectivity index (χ0n) is 14.6. The summed E-state index contributed by atoms with van der Waals surface area (Å²) in [5.41, 5.74) is 1.42. The first-order valence-electron chi connectivity index (χ1n) is 7.84. The first-order chi connectivity index (χ1) is 12.6. The van der Waals surface area contributed by atoms with Crippen molar-refractivity contribution in [2.24, 2.45) is 0 Å². The highest BCUT2D eigenvalue weighted by molar-refractivity contribution is 7.91. The van der Waals surface area contributed by atoms with Crippen LogP contribution in [0.4, 0.5) is 8.78 Å². The summed E-state index contributed by atoms with van der Waals surface area (Å²) in [6.07, 6.45) is 0. The molecule has 6 nitrogen and oxygen atoms in total. The summed E-state index contributed by atoms with van der Waals surface area (Å²) in [6, 6.07) is 11.0. The van der Waals surface area contributed by atoms with Crippen LogP contribution in [0.3, 0.4) is 0 Å². The number of nitrogens with zero attached hydrogens (tertiary/aromatic N) is 1. The first-order valence-corrected chi connectivity index (χ1v) is 9.38. The topological polar surface area (TPSA) is 83.6 Å². The highest BCUT2D eigenvalue weighted by Gasteiger charge is 2.26. The fourth-order valence-corrected chi connectivity index (χ4v) is 2.93. The second kappa shape index (κ2) is 8.26. The minimum absolute atomic E-state index is 0.135. The molecule has 0 saturated heterocycles. The smallest absolute Gasteiger partial charge is 0.341 e. The Morgan fingerprint density at radius 2 is 1.48 bits per heavy atom. The third kappa shape index (κ3) is 4.88. The second-order valence-electron chi connectivity index (χ2n) is 5.91. The molecule has 1 N–H and O–H groups in total. The summed E-state index contributed by atoms with van der Waals surface area (Å²) in [5, 5.41) is 2.64. The van der Waals surface area contributed by atoms with Crippen LogP contribution in [0.5, 0.6) is 0 Å². The summed E-state index contributed by atoms with van der Waals surface area (Å²) in [4.78, 5) is 24.8. The van der Waals surface area contributed by atoms with Gasteiger partial charge in [-0.15, -0.1) is 0 Å². The molecule has 2 aromatic rings. The third-order valence-electron chi connectivity index (χ3n) is 3.74. The molecule has 0 aliphatic heterocycles. The number of rotatable bonds is 6. The summed E-state index contributed by atoms with van der Waals surface area (Å²) >= 11 is 0. The quantitative estimate of drug-likeness (QED) is 0.812. The van der Waals surface area contributed by atoms with E-state index in [0.29, 0.717) is 5.56 Å². The number of halogens is 2. The van der Waals surface area contributed by atoms with Gasteiger partial charge in [0.2, 0.25) is 9.84 Å². The molecule has 0 heterocycles. The predicted octanol–water partition coefficient (Wildman–Crippen LogP) is 2.31. The number of benzene rings is 2. The number of hydrogen-bond donors (Lipinski definition) is 1. The Balaban J connectivity index is 2.01. The molecule has 9 heteroatoms. The maximum absolute atomic E-state index is 12.5. The van der Waals surface area contributed by atoms with Crippen LogP contribution >= 0.6 is 0 Å². The summed E-state index contributed by atoms with van der Waals surface area (Å²) in [5.74, 6) is -4.13. The number of hydrogen-bond acceptors (Lipinski definition) is 4. The number of sulfone groups is 1. The summed E-state index contributed by atoms with van der Waals surface area (Å²) in [6.45, 7) is 0.187. The summed E-state index contributed by atoms with van der Waals surface area (Å²) < 4.78 is 47.7. The maximum Gasteiger partial charge on any atom is 0.341 e. The molecule has 2 amide bonds. The maximum atomic E-state index is 12.5. The van der Waals surface area contributed by atoms with Crippen molar-refractivity contribution in [1.29, 1.82) is 0 Å².